The number of unbranched alkanes of at least 4 members (excludes halogenated alkanes) is 1. The molecule has 0 saturated carbocycles. The maximum Gasteiger partial charge on any atom is 0.270 e. The molecule has 1 amide bonds. The van der Waals surface area contributed by atoms with Crippen LogP contribution in [0, 0.1) is 19.7 Å². The first-order valence-electron chi connectivity index (χ1n) is 15.9. The molecule has 5 nitrogen and oxygen atoms in total. The summed E-state index contributed by atoms with van der Waals surface area (Å²) in [6.45, 7) is 18.7. The van der Waals surface area contributed by atoms with E-state index in [4.69, 9.17) is 9.84 Å². The summed E-state index contributed by atoms with van der Waals surface area (Å²) in [4.78, 5) is 13.4. The Kier molecular flexibility index (Phi) is 10.3. The second-order valence-corrected chi connectivity index (χ2v) is 13.1. The molecule has 3 aromatic carbocycles. The summed E-state index contributed by atoms with van der Waals surface area (Å²) < 4.78 is 21.6. The van der Waals surface area contributed by atoms with Gasteiger partial charge in [-0.15, -0.1) is 0 Å². The number of halogens is 1. The van der Waals surface area contributed by atoms with Gasteiger partial charge in [-0.25, -0.2) is 9.07 Å². The van der Waals surface area contributed by atoms with Gasteiger partial charge in [0.2, 0.25) is 0 Å². The van der Waals surface area contributed by atoms with E-state index < -0.39 is 0 Å². The molecular formula is C38H48FN3O2. The van der Waals surface area contributed by atoms with Crippen molar-refractivity contribution in [2.45, 2.75) is 91.9 Å². The van der Waals surface area contributed by atoms with E-state index in [1.807, 2.05) is 26.0 Å². The minimum atomic E-state index is -0.313. The number of benzene rings is 3. The number of aryl methyl sites for hydroxylation is 2. The lowest BCUT2D eigenvalue weighted by atomic mass is 9.76. The van der Waals surface area contributed by atoms with E-state index in [9.17, 15) is 9.18 Å². The largest absolute Gasteiger partial charge is 0.493 e. The van der Waals surface area contributed by atoms with Crippen LogP contribution < -0.4 is 10.1 Å². The Morgan fingerprint density at radius 2 is 1.59 bits per heavy atom. The highest BCUT2D eigenvalue weighted by molar-refractivity contribution is 5.94. The van der Waals surface area contributed by atoms with Crippen molar-refractivity contribution in [3.8, 4) is 22.7 Å². The summed E-state index contributed by atoms with van der Waals surface area (Å²) in [5, 5.41) is 7.83. The number of ether oxygens (including phenoxy) is 1. The number of amides is 1. The molecule has 0 aliphatic carbocycles. The molecule has 0 bridgehead atoms. The molecule has 0 atom stereocenters. The molecule has 0 aliphatic heterocycles. The minimum Gasteiger partial charge on any atom is -0.493 e. The fourth-order valence-corrected chi connectivity index (χ4v) is 5.23. The summed E-state index contributed by atoms with van der Waals surface area (Å²) in [6, 6.07) is 20.7. The van der Waals surface area contributed by atoms with Gasteiger partial charge in [-0.1, -0.05) is 71.4 Å². The maximum atomic E-state index is 13.6. The molecule has 234 valence electrons. The standard InChI is InChI=1S/C38H48FN3O2/c1-9-37(5,6)29-16-20-35(31(24-29)38(7,8)10-2)44-22-12-11-21-40-36(43)34-25-32(28-14-17-30(39)18-15-28)41-42(34)33-19-13-26(3)23-27(33)4/h13-20,23-25H,9-12,21-22H2,1-8H3,(H,40,43). The highest BCUT2D eigenvalue weighted by Gasteiger charge is 2.26. The van der Waals surface area contributed by atoms with E-state index in [1.54, 1.807) is 22.9 Å². The zero-order valence-electron chi connectivity index (χ0n) is 27.7. The first kappa shape index (κ1) is 33.0. The van der Waals surface area contributed by atoms with Gasteiger partial charge in [0, 0.05) is 17.7 Å². The summed E-state index contributed by atoms with van der Waals surface area (Å²) in [7, 11) is 0. The van der Waals surface area contributed by atoms with Crippen LogP contribution in [0.4, 0.5) is 4.39 Å². The van der Waals surface area contributed by atoms with Gasteiger partial charge >= 0.3 is 0 Å². The second-order valence-electron chi connectivity index (χ2n) is 13.1. The number of nitrogens with zero attached hydrogens (tertiary/aromatic N) is 2. The molecule has 0 aliphatic rings. The Morgan fingerprint density at radius 3 is 2.25 bits per heavy atom. The minimum absolute atomic E-state index is 0.00859. The smallest absolute Gasteiger partial charge is 0.270 e. The highest BCUT2D eigenvalue weighted by atomic mass is 19.1. The second kappa shape index (κ2) is 13.8. The number of carbonyl (C=O) groups excluding carboxylic acids is 1. The van der Waals surface area contributed by atoms with E-state index in [1.165, 1.54) is 23.3 Å². The van der Waals surface area contributed by atoms with E-state index >= 15 is 0 Å². The predicted octanol–water partition coefficient (Wildman–Crippen LogP) is 9.26. The van der Waals surface area contributed by atoms with E-state index in [2.05, 4.69) is 71.1 Å². The average molecular weight is 598 g/mol. The summed E-state index contributed by atoms with van der Waals surface area (Å²) >= 11 is 0. The molecule has 44 heavy (non-hydrogen) atoms. The average Bonchev–Trinajstić information content (AvgIpc) is 3.44. The number of hydrogen-bond donors (Lipinski definition) is 1. The van der Waals surface area contributed by atoms with Gasteiger partial charge in [-0.05, 0) is 104 Å². The van der Waals surface area contributed by atoms with Crippen molar-refractivity contribution in [3.63, 3.8) is 0 Å². The van der Waals surface area contributed by atoms with E-state index in [0.29, 0.717) is 24.5 Å². The van der Waals surface area contributed by atoms with Crippen LogP contribution in [0.15, 0.2) is 66.7 Å². The first-order chi connectivity index (χ1) is 20.9. The fraction of sp³-hybridized carbons (Fsp3) is 0.421. The van der Waals surface area contributed by atoms with Gasteiger partial charge in [-0.3, -0.25) is 4.79 Å². The van der Waals surface area contributed by atoms with Crippen LogP contribution in [-0.4, -0.2) is 28.8 Å². The van der Waals surface area contributed by atoms with E-state index in [-0.39, 0.29) is 22.6 Å². The Labute approximate surface area is 262 Å². The SMILES string of the molecule is CCC(C)(C)c1ccc(OCCCCNC(=O)c2cc(-c3ccc(F)cc3)nn2-c2ccc(C)cc2C)c(C(C)(C)CC)c1. The zero-order chi connectivity index (χ0) is 32.1. The van der Waals surface area contributed by atoms with Crippen molar-refractivity contribution in [1.29, 1.82) is 0 Å². The fourth-order valence-electron chi connectivity index (χ4n) is 5.23. The van der Waals surface area contributed by atoms with Crippen LogP contribution in [0.25, 0.3) is 16.9 Å². The van der Waals surface area contributed by atoms with Crippen molar-refractivity contribution in [1.82, 2.24) is 15.1 Å². The number of aromatic nitrogens is 2. The number of carbonyl (C=O) groups is 1. The quantitative estimate of drug-likeness (QED) is 0.156. The van der Waals surface area contributed by atoms with Gasteiger partial charge < -0.3 is 10.1 Å². The molecule has 1 N–H and O–H groups in total. The topological polar surface area (TPSA) is 56.1 Å². The molecule has 0 unspecified atom stereocenters. The third-order valence-corrected chi connectivity index (χ3v) is 9.03. The van der Waals surface area contributed by atoms with Crippen molar-refractivity contribution in [2.75, 3.05) is 13.2 Å². The lowest BCUT2D eigenvalue weighted by Crippen LogP contribution is -2.27. The van der Waals surface area contributed by atoms with Crippen LogP contribution in [0.3, 0.4) is 0 Å². The molecular weight excluding hydrogens is 549 g/mol. The zero-order valence-corrected chi connectivity index (χ0v) is 27.7. The molecule has 4 aromatic rings. The Bertz CT molecular complexity index is 1580. The van der Waals surface area contributed by atoms with Crippen molar-refractivity contribution >= 4 is 5.91 Å². The van der Waals surface area contributed by atoms with Gasteiger partial charge in [0.05, 0.1) is 18.0 Å². The molecule has 1 aromatic heterocycles. The Hall–Kier alpha value is -3.93. The summed E-state index contributed by atoms with van der Waals surface area (Å²) in [5.41, 5.74) is 7.50. The van der Waals surface area contributed by atoms with Gasteiger partial charge in [0.15, 0.2) is 0 Å². The molecule has 4 rings (SSSR count). The van der Waals surface area contributed by atoms with Gasteiger partial charge in [-0.2, -0.15) is 5.10 Å². The lowest BCUT2D eigenvalue weighted by molar-refractivity contribution is 0.0944. The summed E-state index contributed by atoms with van der Waals surface area (Å²) in [6.07, 6.45) is 3.68. The number of hydrogen-bond acceptors (Lipinski definition) is 3. The Morgan fingerprint density at radius 1 is 0.886 bits per heavy atom. The van der Waals surface area contributed by atoms with Crippen molar-refractivity contribution in [2.24, 2.45) is 0 Å². The molecule has 0 fully saturated rings. The number of rotatable bonds is 13. The molecule has 0 saturated heterocycles. The Balaban J connectivity index is 1.42. The molecule has 6 heteroatoms. The van der Waals surface area contributed by atoms with Gasteiger partial charge in [0.1, 0.15) is 17.3 Å². The molecule has 0 spiro atoms. The van der Waals surface area contributed by atoms with Gasteiger partial charge in [0.25, 0.3) is 5.91 Å². The molecule has 1 heterocycles. The maximum absolute atomic E-state index is 13.6. The van der Waals surface area contributed by atoms with Crippen LogP contribution in [-0.2, 0) is 10.8 Å². The summed E-state index contributed by atoms with van der Waals surface area (Å²) in [5.74, 6) is 0.433. The monoisotopic (exact) mass is 597 g/mol. The highest BCUT2D eigenvalue weighted by Crippen LogP contribution is 2.38. The third kappa shape index (κ3) is 7.58. The van der Waals surface area contributed by atoms with Crippen LogP contribution >= 0.6 is 0 Å². The molecule has 0 radical (unpaired) electrons. The van der Waals surface area contributed by atoms with Crippen molar-refractivity contribution < 1.29 is 13.9 Å². The number of nitrogens with one attached hydrogen (secondary N) is 1. The first-order valence-corrected chi connectivity index (χ1v) is 15.9. The van der Waals surface area contributed by atoms with Crippen LogP contribution in [0.5, 0.6) is 5.75 Å². The predicted molar refractivity (Wildman–Crippen MR) is 179 cm³/mol. The van der Waals surface area contributed by atoms with Crippen LogP contribution in [0.2, 0.25) is 0 Å². The normalized spacial score (nSPS) is 11.9. The van der Waals surface area contributed by atoms with Crippen LogP contribution in [0.1, 0.15) is 100.0 Å². The van der Waals surface area contributed by atoms with E-state index in [0.717, 1.165) is 53.8 Å². The third-order valence-electron chi connectivity index (χ3n) is 9.03. The lowest BCUT2D eigenvalue weighted by Gasteiger charge is -2.30. The van der Waals surface area contributed by atoms with Crippen molar-refractivity contribution in [3.05, 3.63) is 100 Å².